The largest absolute Gasteiger partial charge is 0.497 e. The van der Waals surface area contributed by atoms with E-state index in [1.807, 2.05) is 0 Å². The Kier molecular flexibility index (Phi) is 7.51. The van der Waals surface area contributed by atoms with E-state index < -0.39 is 30.7 Å². The highest BCUT2D eigenvalue weighted by atomic mass is 31.2. The molecule has 0 saturated heterocycles. The minimum absolute atomic E-state index is 0.0295. The van der Waals surface area contributed by atoms with Gasteiger partial charge < -0.3 is 24.1 Å². The monoisotopic (exact) mass is 484 g/mol. The molecule has 1 unspecified atom stereocenters. The topological polar surface area (TPSA) is 89.7 Å². The number of aromatic amines is 1. The fourth-order valence-corrected chi connectivity index (χ4v) is 5.25. The number of halogens is 3. The molecule has 0 spiro atoms. The Labute approximate surface area is 188 Å². The third-order valence-electron chi connectivity index (χ3n) is 4.82. The molecule has 178 valence electrons. The van der Waals surface area contributed by atoms with Gasteiger partial charge in [-0.25, -0.2) is 0 Å². The van der Waals surface area contributed by atoms with Crippen molar-refractivity contribution in [1.82, 2.24) is 4.98 Å². The average molecular weight is 484 g/mol. The summed E-state index contributed by atoms with van der Waals surface area (Å²) in [5.74, 6) is -0.737. The van der Waals surface area contributed by atoms with Crippen LogP contribution < -0.4 is 15.6 Å². The molecular weight excluding hydrogens is 460 g/mol. The van der Waals surface area contributed by atoms with Crippen molar-refractivity contribution in [2.75, 3.05) is 25.6 Å². The highest BCUT2D eigenvalue weighted by molar-refractivity contribution is 7.54. The van der Waals surface area contributed by atoms with Crippen LogP contribution in [0.1, 0.15) is 30.8 Å². The number of hydrogen-bond acceptors (Lipinski definition) is 6. The average Bonchev–Trinajstić information content (AvgIpc) is 2.77. The van der Waals surface area contributed by atoms with E-state index >= 15 is 0 Å². The number of pyridine rings is 1. The maximum Gasteiger partial charge on any atom is 0.416 e. The Morgan fingerprint density at radius 2 is 1.67 bits per heavy atom. The smallest absolute Gasteiger partial charge is 0.416 e. The second-order valence-corrected chi connectivity index (χ2v) is 9.12. The molecule has 7 nitrogen and oxygen atoms in total. The molecule has 0 aliphatic carbocycles. The van der Waals surface area contributed by atoms with Crippen molar-refractivity contribution in [3.8, 4) is 5.75 Å². The molecule has 0 amide bonds. The minimum Gasteiger partial charge on any atom is -0.497 e. The van der Waals surface area contributed by atoms with E-state index in [0.29, 0.717) is 16.7 Å². The van der Waals surface area contributed by atoms with Crippen LogP contribution in [0.5, 0.6) is 5.75 Å². The van der Waals surface area contributed by atoms with Gasteiger partial charge in [-0.2, -0.15) is 13.2 Å². The first-order valence-electron chi connectivity index (χ1n) is 10.1. The first kappa shape index (κ1) is 24.8. The van der Waals surface area contributed by atoms with Crippen molar-refractivity contribution in [3.63, 3.8) is 0 Å². The van der Waals surface area contributed by atoms with Crippen molar-refractivity contribution in [1.29, 1.82) is 0 Å². The van der Waals surface area contributed by atoms with Crippen LogP contribution in [0.15, 0.2) is 53.3 Å². The SMILES string of the molecule is CCOP(=O)(OCC)C(Nc1ccc(C(F)(F)F)cc1)c1cc2cc(OC)ccc2[nH]c1=O. The van der Waals surface area contributed by atoms with Gasteiger partial charge in [-0.15, -0.1) is 0 Å². The normalized spacial score (nSPS) is 13.2. The minimum atomic E-state index is -4.50. The maximum atomic E-state index is 13.7. The van der Waals surface area contributed by atoms with Crippen LogP contribution in [0, 0.1) is 0 Å². The number of benzene rings is 2. The van der Waals surface area contributed by atoms with Gasteiger partial charge in [0.15, 0.2) is 5.78 Å². The van der Waals surface area contributed by atoms with E-state index in [9.17, 15) is 22.5 Å². The van der Waals surface area contributed by atoms with Crippen LogP contribution in [0.4, 0.5) is 18.9 Å². The Hall–Kier alpha value is -2.81. The van der Waals surface area contributed by atoms with E-state index in [-0.39, 0.29) is 24.5 Å². The van der Waals surface area contributed by atoms with Crippen LogP contribution in [0.25, 0.3) is 10.9 Å². The number of ether oxygens (including phenoxy) is 1. The number of H-pyrrole nitrogens is 1. The van der Waals surface area contributed by atoms with Crippen molar-refractivity contribution in [3.05, 3.63) is 70.0 Å². The lowest BCUT2D eigenvalue weighted by Crippen LogP contribution is -2.23. The van der Waals surface area contributed by atoms with Gasteiger partial charge in [0, 0.05) is 16.6 Å². The van der Waals surface area contributed by atoms with Crippen LogP contribution in [-0.2, 0) is 19.8 Å². The molecule has 1 heterocycles. The first-order valence-corrected chi connectivity index (χ1v) is 11.8. The zero-order valence-electron chi connectivity index (χ0n) is 18.2. The quantitative estimate of drug-likeness (QED) is 0.366. The standard InChI is InChI=1S/C22H24F3N2O5P/c1-4-31-33(29,32-5-2)21(26-16-8-6-15(7-9-16)22(23,24)25)18-13-14-12-17(30-3)10-11-19(14)27-20(18)28/h6-13,21,26H,4-5H2,1-3H3,(H,27,28). The summed E-state index contributed by atoms with van der Waals surface area (Å²) in [5.41, 5.74) is -0.603. The molecule has 0 aliphatic heterocycles. The summed E-state index contributed by atoms with van der Waals surface area (Å²) >= 11 is 0. The molecule has 33 heavy (non-hydrogen) atoms. The van der Waals surface area contributed by atoms with E-state index in [1.165, 1.54) is 25.3 Å². The molecule has 2 N–H and O–H groups in total. The van der Waals surface area contributed by atoms with E-state index in [0.717, 1.165) is 12.1 Å². The fraction of sp³-hybridized carbons (Fsp3) is 0.318. The Morgan fingerprint density at radius 3 is 2.21 bits per heavy atom. The number of alkyl halides is 3. The summed E-state index contributed by atoms with van der Waals surface area (Å²) in [5, 5.41) is 3.49. The molecule has 3 aromatic rings. The Bertz CT molecular complexity index is 1200. The lowest BCUT2D eigenvalue weighted by molar-refractivity contribution is -0.137. The van der Waals surface area contributed by atoms with Gasteiger partial charge in [0.1, 0.15) is 5.75 Å². The Morgan fingerprint density at radius 1 is 1.03 bits per heavy atom. The number of hydrogen-bond donors (Lipinski definition) is 2. The second-order valence-electron chi connectivity index (χ2n) is 7.00. The van der Waals surface area contributed by atoms with Crippen molar-refractivity contribution < 1.29 is 31.5 Å². The molecule has 11 heteroatoms. The number of anilines is 1. The molecule has 0 saturated carbocycles. The molecule has 0 aliphatic rings. The summed E-state index contributed by atoms with van der Waals surface area (Å²) in [6.45, 7) is 3.30. The summed E-state index contributed by atoms with van der Waals surface area (Å²) < 4.78 is 68.7. The molecule has 2 aromatic carbocycles. The van der Waals surface area contributed by atoms with Crippen LogP contribution in [0.2, 0.25) is 0 Å². The molecule has 1 atom stereocenters. The van der Waals surface area contributed by atoms with Crippen molar-refractivity contribution >= 4 is 24.2 Å². The van der Waals surface area contributed by atoms with Crippen molar-refractivity contribution in [2.45, 2.75) is 25.8 Å². The van der Waals surface area contributed by atoms with E-state index in [4.69, 9.17) is 13.8 Å². The van der Waals surface area contributed by atoms with Gasteiger partial charge in [0.05, 0.1) is 31.5 Å². The molecule has 0 bridgehead atoms. The van der Waals surface area contributed by atoms with E-state index in [1.54, 1.807) is 32.0 Å². The Balaban J connectivity index is 2.13. The number of methoxy groups -OCH3 is 1. The summed E-state index contributed by atoms with van der Waals surface area (Å²) in [6, 6.07) is 10.7. The van der Waals surface area contributed by atoms with Gasteiger partial charge in [0.25, 0.3) is 5.56 Å². The van der Waals surface area contributed by atoms with Crippen LogP contribution in [0.3, 0.4) is 0 Å². The van der Waals surface area contributed by atoms with Crippen LogP contribution in [-0.4, -0.2) is 25.3 Å². The van der Waals surface area contributed by atoms with Gasteiger partial charge in [-0.3, -0.25) is 9.36 Å². The lowest BCUT2D eigenvalue weighted by Gasteiger charge is -2.28. The molecule has 1 aromatic heterocycles. The maximum absolute atomic E-state index is 13.7. The number of aromatic nitrogens is 1. The van der Waals surface area contributed by atoms with Crippen LogP contribution >= 0.6 is 7.60 Å². The third kappa shape index (κ3) is 5.58. The molecular formula is C22H24F3N2O5P. The molecule has 3 rings (SSSR count). The van der Waals surface area contributed by atoms with Gasteiger partial charge in [-0.05, 0) is 62.4 Å². The molecule has 0 fully saturated rings. The van der Waals surface area contributed by atoms with E-state index in [2.05, 4.69) is 10.3 Å². The zero-order chi connectivity index (χ0) is 24.2. The predicted molar refractivity (Wildman–Crippen MR) is 120 cm³/mol. The summed E-state index contributed by atoms with van der Waals surface area (Å²) in [7, 11) is -2.47. The third-order valence-corrected chi connectivity index (χ3v) is 7.10. The van der Waals surface area contributed by atoms with Gasteiger partial charge in [-0.1, -0.05) is 0 Å². The molecule has 0 radical (unpaired) electrons. The second kappa shape index (κ2) is 9.99. The number of rotatable bonds is 9. The zero-order valence-corrected chi connectivity index (χ0v) is 19.1. The van der Waals surface area contributed by atoms with Crippen molar-refractivity contribution in [2.24, 2.45) is 0 Å². The van der Waals surface area contributed by atoms with Gasteiger partial charge >= 0.3 is 13.8 Å². The number of fused-ring (bicyclic) bond motifs is 1. The summed E-state index contributed by atoms with van der Waals surface area (Å²) in [4.78, 5) is 15.7. The summed E-state index contributed by atoms with van der Waals surface area (Å²) in [6.07, 6.45) is -4.50. The van der Waals surface area contributed by atoms with Gasteiger partial charge in [0.2, 0.25) is 0 Å². The fourth-order valence-electron chi connectivity index (χ4n) is 3.32. The first-order chi connectivity index (χ1) is 15.6. The highest BCUT2D eigenvalue weighted by Crippen LogP contribution is 2.60. The number of nitrogens with one attached hydrogen (secondary N) is 2. The predicted octanol–water partition coefficient (Wildman–Crippen LogP) is 5.93. The highest BCUT2D eigenvalue weighted by Gasteiger charge is 2.39. The lowest BCUT2D eigenvalue weighted by atomic mass is 10.1.